The molecule has 1 aromatic carbocycles. The lowest BCUT2D eigenvalue weighted by molar-refractivity contribution is -0.116. The molecule has 2 N–H and O–H groups in total. The zero-order valence-electron chi connectivity index (χ0n) is 18.4. The van der Waals surface area contributed by atoms with Crippen LogP contribution in [0.25, 0.3) is 0 Å². The average Bonchev–Trinajstić information content (AvgIpc) is 2.75. The molecule has 1 fully saturated rings. The Morgan fingerprint density at radius 3 is 2.77 bits per heavy atom. The monoisotopic (exact) mass is 537 g/mol. The van der Waals surface area contributed by atoms with Crippen LogP contribution in [0.5, 0.6) is 0 Å². The number of carbonyl (C=O) groups is 1. The molecule has 1 aliphatic heterocycles. The molecule has 0 radical (unpaired) electrons. The molecular formula is C23H32IN5O2. The van der Waals surface area contributed by atoms with E-state index >= 15 is 0 Å². The molecular weight excluding hydrogens is 505 g/mol. The molecule has 1 unspecified atom stereocenters. The van der Waals surface area contributed by atoms with E-state index in [2.05, 4.69) is 44.6 Å². The Bertz CT molecular complexity index is 873. The zero-order chi connectivity index (χ0) is 21.3. The van der Waals surface area contributed by atoms with E-state index in [1.807, 2.05) is 32.0 Å². The Balaban J connectivity index is 0.00000341. The van der Waals surface area contributed by atoms with Crippen LogP contribution in [-0.4, -0.2) is 54.5 Å². The number of nitrogens with zero attached hydrogens (tertiary/aromatic N) is 3. The Hall–Kier alpha value is -2.20. The van der Waals surface area contributed by atoms with Gasteiger partial charge in [0.1, 0.15) is 11.9 Å². The quantitative estimate of drug-likeness (QED) is 0.334. The maximum Gasteiger partial charge on any atom is 0.227 e. The molecule has 168 valence electrons. The van der Waals surface area contributed by atoms with E-state index in [1.54, 1.807) is 12.3 Å². The van der Waals surface area contributed by atoms with Gasteiger partial charge >= 0.3 is 0 Å². The number of halogens is 1. The second-order valence-electron chi connectivity index (χ2n) is 7.42. The van der Waals surface area contributed by atoms with Crippen LogP contribution in [0.4, 0.5) is 5.82 Å². The van der Waals surface area contributed by atoms with Gasteiger partial charge < -0.3 is 20.3 Å². The second-order valence-corrected chi connectivity index (χ2v) is 7.42. The first-order valence-corrected chi connectivity index (χ1v) is 10.5. The van der Waals surface area contributed by atoms with Gasteiger partial charge in [-0.25, -0.2) is 4.98 Å². The van der Waals surface area contributed by atoms with Crippen molar-refractivity contribution in [3.63, 3.8) is 0 Å². The average molecular weight is 537 g/mol. The molecule has 0 spiro atoms. The molecule has 1 aliphatic rings. The van der Waals surface area contributed by atoms with Crippen LogP contribution < -0.4 is 10.6 Å². The van der Waals surface area contributed by atoms with E-state index in [-0.39, 0.29) is 36.0 Å². The summed E-state index contributed by atoms with van der Waals surface area (Å²) in [5.41, 5.74) is 3.50. The Labute approximate surface area is 201 Å². The zero-order valence-corrected chi connectivity index (χ0v) is 20.8. The van der Waals surface area contributed by atoms with Gasteiger partial charge in [0.25, 0.3) is 0 Å². The number of morpholine rings is 1. The van der Waals surface area contributed by atoms with Gasteiger partial charge in [0, 0.05) is 25.7 Å². The predicted molar refractivity (Wildman–Crippen MR) is 135 cm³/mol. The van der Waals surface area contributed by atoms with Crippen molar-refractivity contribution in [2.75, 3.05) is 38.1 Å². The van der Waals surface area contributed by atoms with E-state index in [0.717, 1.165) is 31.2 Å². The third-order valence-electron chi connectivity index (χ3n) is 5.02. The number of carbonyl (C=O) groups excluding carboxylic acids is 1. The number of benzene rings is 1. The normalized spacial score (nSPS) is 16.4. The number of aliphatic imine (C=N–C) groups is 1. The predicted octanol–water partition coefficient (Wildman–Crippen LogP) is 3.68. The summed E-state index contributed by atoms with van der Waals surface area (Å²) >= 11 is 0. The van der Waals surface area contributed by atoms with Gasteiger partial charge in [-0.1, -0.05) is 30.3 Å². The molecule has 3 rings (SSSR count). The largest absolute Gasteiger partial charge is 0.370 e. The summed E-state index contributed by atoms with van der Waals surface area (Å²) in [6.45, 7) is 9.44. The van der Waals surface area contributed by atoms with Gasteiger partial charge in [0.15, 0.2) is 5.96 Å². The standard InChI is InChI=1S/C23H31N5O2.HI/c1-4-24-23(25-12-11-22(29)27-21-10-9-17(2)15-26-21)28-13-14-30-20(16-28)19-8-6-5-7-18(19)3;/h5-10,15,20H,4,11-14,16H2,1-3H3,(H,24,25)(H,26,27,29);1H. The summed E-state index contributed by atoms with van der Waals surface area (Å²) in [6, 6.07) is 12.1. The molecule has 8 heteroatoms. The first-order chi connectivity index (χ1) is 14.6. The van der Waals surface area contributed by atoms with Crippen molar-refractivity contribution in [2.24, 2.45) is 4.99 Å². The number of hydrogen-bond acceptors (Lipinski definition) is 4. The van der Waals surface area contributed by atoms with Crippen molar-refractivity contribution in [3.8, 4) is 0 Å². The molecule has 1 atom stereocenters. The number of hydrogen-bond donors (Lipinski definition) is 2. The minimum absolute atomic E-state index is 0. The lowest BCUT2D eigenvalue weighted by Crippen LogP contribution is -2.48. The second kappa shape index (κ2) is 12.6. The van der Waals surface area contributed by atoms with Crippen LogP contribution in [0.15, 0.2) is 47.6 Å². The molecule has 0 bridgehead atoms. The Morgan fingerprint density at radius 1 is 1.26 bits per heavy atom. The highest BCUT2D eigenvalue weighted by Gasteiger charge is 2.25. The van der Waals surface area contributed by atoms with E-state index in [1.165, 1.54) is 11.1 Å². The maximum atomic E-state index is 12.2. The smallest absolute Gasteiger partial charge is 0.227 e. The number of nitrogens with one attached hydrogen (secondary N) is 2. The number of aromatic nitrogens is 1. The van der Waals surface area contributed by atoms with Crippen molar-refractivity contribution >= 4 is 41.7 Å². The summed E-state index contributed by atoms with van der Waals surface area (Å²) in [7, 11) is 0. The van der Waals surface area contributed by atoms with Crippen molar-refractivity contribution in [1.82, 2.24) is 15.2 Å². The van der Waals surface area contributed by atoms with E-state index in [4.69, 9.17) is 4.74 Å². The van der Waals surface area contributed by atoms with Crippen molar-refractivity contribution < 1.29 is 9.53 Å². The highest BCUT2D eigenvalue weighted by atomic mass is 127. The SMILES string of the molecule is CCNC(=NCCC(=O)Nc1ccc(C)cn1)N1CCOC(c2ccccc2C)C1.I. The summed E-state index contributed by atoms with van der Waals surface area (Å²) in [6.07, 6.45) is 2.05. The Kier molecular flexibility index (Phi) is 10.2. The fourth-order valence-electron chi connectivity index (χ4n) is 3.41. The first-order valence-electron chi connectivity index (χ1n) is 10.5. The Morgan fingerprint density at radius 2 is 2.06 bits per heavy atom. The van der Waals surface area contributed by atoms with Gasteiger partial charge in [-0.2, -0.15) is 0 Å². The summed E-state index contributed by atoms with van der Waals surface area (Å²) in [5.74, 6) is 1.29. The number of ether oxygens (including phenoxy) is 1. The number of anilines is 1. The van der Waals surface area contributed by atoms with E-state index < -0.39 is 0 Å². The molecule has 1 aromatic heterocycles. The lowest BCUT2D eigenvalue weighted by atomic mass is 10.0. The molecule has 1 amide bonds. The summed E-state index contributed by atoms with van der Waals surface area (Å²) in [5, 5.41) is 6.16. The van der Waals surface area contributed by atoms with Crippen LogP contribution in [0.3, 0.4) is 0 Å². The fourth-order valence-corrected chi connectivity index (χ4v) is 3.41. The van der Waals surface area contributed by atoms with Crippen LogP contribution in [-0.2, 0) is 9.53 Å². The number of aryl methyl sites for hydroxylation is 2. The molecule has 1 saturated heterocycles. The number of amides is 1. The highest BCUT2D eigenvalue weighted by molar-refractivity contribution is 14.0. The summed E-state index contributed by atoms with van der Waals surface area (Å²) in [4.78, 5) is 23.3. The van der Waals surface area contributed by atoms with Gasteiger partial charge in [-0.05, 0) is 43.5 Å². The molecule has 31 heavy (non-hydrogen) atoms. The van der Waals surface area contributed by atoms with E-state index in [0.29, 0.717) is 25.4 Å². The number of pyridine rings is 1. The van der Waals surface area contributed by atoms with Crippen LogP contribution >= 0.6 is 24.0 Å². The van der Waals surface area contributed by atoms with Gasteiger partial charge in [0.2, 0.25) is 5.91 Å². The lowest BCUT2D eigenvalue weighted by Gasteiger charge is -2.35. The number of rotatable bonds is 6. The van der Waals surface area contributed by atoms with Gasteiger partial charge in [-0.3, -0.25) is 9.79 Å². The minimum atomic E-state index is -0.0919. The molecule has 0 aliphatic carbocycles. The van der Waals surface area contributed by atoms with Crippen LogP contribution in [0, 0.1) is 13.8 Å². The minimum Gasteiger partial charge on any atom is -0.370 e. The maximum absolute atomic E-state index is 12.2. The number of guanidine groups is 1. The molecule has 2 aromatic rings. The van der Waals surface area contributed by atoms with Crippen molar-refractivity contribution in [1.29, 1.82) is 0 Å². The summed E-state index contributed by atoms with van der Waals surface area (Å²) < 4.78 is 6.03. The topological polar surface area (TPSA) is 78.8 Å². The molecule has 7 nitrogen and oxygen atoms in total. The van der Waals surface area contributed by atoms with Crippen molar-refractivity contribution in [3.05, 3.63) is 59.3 Å². The fraction of sp³-hybridized carbons (Fsp3) is 0.435. The molecule has 2 heterocycles. The third kappa shape index (κ3) is 7.46. The first kappa shape index (κ1) is 25.1. The van der Waals surface area contributed by atoms with Gasteiger partial charge in [0.05, 0.1) is 19.7 Å². The van der Waals surface area contributed by atoms with Crippen molar-refractivity contribution in [2.45, 2.75) is 33.3 Å². The van der Waals surface area contributed by atoms with Crippen LogP contribution in [0.2, 0.25) is 0 Å². The van der Waals surface area contributed by atoms with E-state index in [9.17, 15) is 4.79 Å². The molecule has 0 saturated carbocycles. The van der Waals surface area contributed by atoms with Crippen LogP contribution in [0.1, 0.15) is 36.1 Å². The third-order valence-corrected chi connectivity index (χ3v) is 5.02. The van der Waals surface area contributed by atoms with Gasteiger partial charge in [-0.15, -0.1) is 24.0 Å². The highest BCUT2D eigenvalue weighted by Crippen LogP contribution is 2.25.